The first-order valence-corrected chi connectivity index (χ1v) is 5.68. The number of rotatable bonds is 6. The first kappa shape index (κ1) is 14.2. The first-order chi connectivity index (χ1) is 6.88. The van der Waals surface area contributed by atoms with Crippen molar-refractivity contribution in [2.45, 2.75) is 53.2 Å². The van der Waals surface area contributed by atoms with Crippen LogP contribution in [0.15, 0.2) is 0 Å². The standard InChI is InChI=1S/C11H22BNO2/c1-6-10(7-8(2)14)11(15)13-9(3)12(4)5/h9-10H,6-7H2,1-5H3,(H,13,15). The molecule has 1 amide bonds. The molecule has 2 atom stereocenters. The van der Waals surface area contributed by atoms with Gasteiger partial charge in [0.2, 0.25) is 5.91 Å². The smallest absolute Gasteiger partial charge is 0.223 e. The topological polar surface area (TPSA) is 46.2 Å². The molecule has 4 heteroatoms. The van der Waals surface area contributed by atoms with Gasteiger partial charge in [0, 0.05) is 18.3 Å². The highest BCUT2D eigenvalue weighted by Gasteiger charge is 2.21. The molecule has 0 aromatic rings. The predicted molar refractivity (Wildman–Crippen MR) is 64.2 cm³/mol. The van der Waals surface area contributed by atoms with Crippen LogP contribution in [0.4, 0.5) is 0 Å². The van der Waals surface area contributed by atoms with Crippen molar-refractivity contribution in [3.05, 3.63) is 0 Å². The van der Waals surface area contributed by atoms with Crippen molar-refractivity contribution >= 4 is 18.4 Å². The number of amides is 1. The van der Waals surface area contributed by atoms with Crippen LogP contribution in [0.5, 0.6) is 0 Å². The number of hydrogen-bond donors (Lipinski definition) is 1. The summed E-state index contributed by atoms with van der Waals surface area (Å²) < 4.78 is 0. The second-order valence-corrected chi connectivity index (χ2v) is 4.55. The summed E-state index contributed by atoms with van der Waals surface area (Å²) >= 11 is 0. The molecule has 0 saturated carbocycles. The van der Waals surface area contributed by atoms with Crippen molar-refractivity contribution in [1.29, 1.82) is 0 Å². The average molecular weight is 211 g/mol. The number of nitrogens with one attached hydrogen (secondary N) is 1. The molecule has 0 aliphatic rings. The fourth-order valence-electron chi connectivity index (χ4n) is 1.28. The maximum atomic E-state index is 11.8. The van der Waals surface area contributed by atoms with E-state index < -0.39 is 0 Å². The molecule has 0 bridgehead atoms. The van der Waals surface area contributed by atoms with Crippen molar-refractivity contribution in [2.75, 3.05) is 0 Å². The maximum absolute atomic E-state index is 11.8. The lowest BCUT2D eigenvalue weighted by molar-refractivity contribution is -0.129. The van der Waals surface area contributed by atoms with Crippen LogP contribution in [-0.4, -0.2) is 24.3 Å². The molecule has 0 aliphatic carbocycles. The maximum Gasteiger partial charge on any atom is 0.223 e. The molecule has 86 valence electrons. The summed E-state index contributed by atoms with van der Waals surface area (Å²) in [5.41, 5.74) is 0. The first-order valence-electron chi connectivity index (χ1n) is 5.68. The predicted octanol–water partition coefficient (Wildman–Crippen LogP) is 1.79. The van der Waals surface area contributed by atoms with Gasteiger partial charge in [0.05, 0.1) is 0 Å². The Balaban J connectivity index is 4.21. The highest BCUT2D eigenvalue weighted by atomic mass is 16.2. The lowest BCUT2D eigenvalue weighted by Gasteiger charge is -2.19. The summed E-state index contributed by atoms with van der Waals surface area (Å²) in [6, 6.07) is 0. The van der Waals surface area contributed by atoms with Crippen LogP contribution in [0.25, 0.3) is 0 Å². The number of Topliss-reactive ketones (excluding diaryl/α,β-unsaturated/α-hetero) is 1. The monoisotopic (exact) mass is 211 g/mol. The summed E-state index contributed by atoms with van der Waals surface area (Å²) in [6.07, 6.45) is 1.07. The number of carbonyl (C=O) groups is 2. The Morgan fingerprint density at radius 3 is 2.20 bits per heavy atom. The van der Waals surface area contributed by atoms with Crippen LogP contribution in [-0.2, 0) is 9.59 Å². The Hall–Kier alpha value is -0.795. The van der Waals surface area contributed by atoms with Crippen LogP contribution in [0.2, 0.25) is 13.6 Å². The van der Waals surface area contributed by atoms with Gasteiger partial charge >= 0.3 is 0 Å². The minimum Gasteiger partial charge on any atom is -0.361 e. The Morgan fingerprint density at radius 2 is 1.87 bits per heavy atom. The quantitative estimate of drug-likeness (QED) is 0.680. The summed E-state index contributed by atoms with van der Waals surface area (Å²) in [6.45, 7) is 10.0. The van der Waals surface area contributed by atoms with Crippen LogP contribution < -0.4 is 5.32 Å². The van der Waals surface area contributed by atoms with E-state index in [2.05, 4.69) is 19.0 Å². The molecule has 0 rings (SSSR count). The van der Waals surface area contributed by atoms with E-state index in [1.165, 1.54) is 6.92 Å². The van der Waals surface area contributed by atoms with E-state index >= 15 is 0 Å². The normalized spacial score (nSPS) is 14.2. The zero-order valence-corrected chi connectivity index (χ0v) is 10.5. The van der Waals surface area contributed by atoms with Gasteiger partial charge in [0.1, 0.15) is 5.78 Å². The van der Waals surface area contributed by atoms with E-state index in [1.54, 1.807) is 0 Å². The van der Waals surface area contributed by atoms with Crippen molar-refractivity contribution in [3.8, 4) is 0 Å². The summed E-state index contributed by atoms with van der Waals surface area (Å²) in [5.74, 6) is 0.0882. The molecule has 3 nitrogen and oxygen atoms in total. The molecule has 2 unspecified atom stereocenters. The summed E-state index contributed by atoms with van der Waals surface area (Å²) in [5, 5.41) is 2.94. The largest absolute Gasteiger partial charge is 0.361 e. The van der Waals surface area contributed by atoms with Gasteiger partial charge in [-0.25, -0.2) is 0 Å². The Bertz CT molecular complexity index is 229. The van der Waals surface area contributed by atoms with E-state index in [0.717, 1.165) is 6.42 Å². The Labute approximate surface area is 93.1 Å². The van der Waals surface area contributed by atoms with Gasteiger partial charge in [0.15, 0.2) is 6.71 Å². The van der Waals surface area contributed by atoms with E-state index in [9.17, 15) is 9.59 Å². The highest BCUT2D eigenvalue weighted by molar-refractivity contribution is 6.57. The summed E-state index contributed by atoms with van der Waals surface area (Å²) in [7, 11) is 0. The van der Waals surface area contributed by atoms with Gasteiger partial charge in [-0.1, -0.05) is 27.5 Å². The molecular weight excluding hydrogens is 189 g/mol. The highest BCUT2D eigenvalue weighted by Crippen LogP contribution is 2.09. The van der Waals surface area contributed by atoms with E-state index in [4.69, 9.17) is 0 Å². The van der Waals surface area contributed by atoms with Gasteiger partial charge in [-0.2, -0.15) is 0 Å². The fraction of sp³-hybridized carbons (Fsp3) is 0.818. The van der Waals surface area contributed by atoms with Crippen molar-refractivity contribution in [3.63, 3.8) is 0 Å². The SMILES string of the molecule is CCC(CC(C)=O)C(=O)NC(C)B(C)C. The third kappa shape index (κ3) is 5.60. The second-order valence-electron chi connectivity index (χ2n) is 4.55. The molecule has 0 radical (unpaired) electrons. The summed E-state index contributed by atoms with van der Waals surface area (Å²) in [4.78, 5) is 22.7. The molecule has 0 spiro atoms. The number of ketones is 1. The molecule has 1 N–H and O–H groups in total. The van der Waals surface area contributed by atoms with Crippen LogP contribution >= 0.6 is 0 Å². The third-order valence-corrected chi connectivity index (χ3v) is 2.77. The number of hydrogen-bond acceptors (Lipinski definition) is 2. The minimum atomic E-state index is -0.163. The molecule has 0 aliphatic heterocycles. The second kappa shape index (κ2) is 6.65. The molecule has 0 saturated heterocycles. The minimum absolute atomic E-state index is 0.00824. The lowest BCUT2D eigenvalue weighted by atomic mass is 9.49. The van der Waals surface area contributed by atoms with Crippen LogP contribution in [0.1, 0.15) is 33.6 Å². The fourth-order valence-corrected chi connectivity index (χ4v) is 1.28. The van der Waals surface area contributed by atoms with Crippen molar-refractivity contribution in [1.82, 2.24) is 5.32 Å². The van der Waals surface area contributed by atoms with Gasteiger partial charge in [0.25, 0.3) is 0 Å². The van der Waals surface area contributed by atoms with Gasteiger partial charge < -0.3 is 10.1 Å². The molecule has 0 aromatic carbocycles. The van der Waals surface area contributed by atoms with Crippen molar-refractivity contribution < 1.29 is 9.59 Å². The molecule has 0 aromatic heterocycles. The Morgan fingerprint density at radius 1 is 1.33 bits per heavy atom. The van der Waals surface area contributed by atoms with Crippen molar-refractivity contribution in [2.24, 2.45) is 5.92 Å². The third-order valence-electron chi connectivity index (χ3n) is 2.77. The molecular formula is C11H22BNO2. The lowest BCUT2D eigenvalue weighted by Crippen LogP contribution is -2.44. The van der Waals surface area contributed by atoms with E-state index in [-0.39, 0.29) is 23.5 Å². The van der Waals surface area contributed by atoms with E-state index in [0.29, 0.717) is 13.1 Å². The van der Waals surface area contributed by atoms with Gasteiger partial charge in [-0.05, 0) is 13.3 Å². The zero-order chi connectivity index (χ0) is 12.0. The molecule has 0 heterocycles. The number of carbonyl (C=O) groups excluding carboxylic acids is 2. The van der Waals surface area contributed by atoms with Gasteiger partial charge in [-0.15, -0.1) is 0 Å². The Kier molecular flexibility index (Phi) is 6.29. The molecule has 15 heavy (non-hydrogen) atoms. The molecule has 0 fully saturated rings. The van der Waals surface area contributed by atoms with Gasteiger partial charge in [-0.3, -0.25) is 4.79 Å². The van der Waals surface area contributed by atoms with Crippen LogP contribution in [0.3, 0.4) is 0 Å². The van der Waals surface area contributed by atoms with Crippen LogP contribution in [0, 0.1) is 5.92 Å². The van der Waals surface area contributed by atoms with E-state index in [1.807, 2.05) is 13.8 Å². The zero-order valence-electron chi connectivity index (χ0n) is 10.5. The average Bonchev–Trinajstić information content (AvgIpc) is 2.13.